The number of hydrogen-bond donors (Lipinski definition) is 0. The van der Waals surface area contributed by atoms with Crippen LogP contribution in [0.2, 0.25) is 19.6 Å². The van der Waals surface area contributed by atoms with E-state index in [1.165, 1.54) is 69.9 Å². The number of nitrogens with zero attached hydrogens (tertiary/aromatic N) is 2. The van der Waals surface area contributed by atoms with Crippen molar-refractivity contribution in [3.05, 3.63) is 162 Å². The Morgan fingerprint density at radius 3 is 2.02 bits per heavy atom. The fourth-order valence-corrected chi connectivity index (χ4v) is 10.2. The molecule has 5 aromatic carbocycles. The normalized spacial score (nSPS) is 11.4. The van der Waals surface area contributed by atoms with Crippen LogP contribution in [0, 0.1) is 32.9 Å². The third-order valence-electron chi connectivity index (χ3n) is 10.0. The van der Waals surface area contributed by atoms with Gasteiger partial charge in [-0.1, -0.05) is 117 Å². The van der Waals surface area contributed by atoms with Gasteiger partial charge < -0.3 is 9.97 Å². The molecule has 8 aromatic rings. The number of rotatable bonds is 6. The van der Waals surface area contributed by atoms with E-state index in [-0.39, 0.29) is 20.1 Å². The number of fused-ring (bicyclic) bond motifs is 3. The molecule has 0 atom stereocenters. The van der Waals surface area contributed by atoms with Crippen LogP contribution in [0.25, 0.3) is 64.9 Å². The first-order valence-corrected chi connectivity index (χ1v) is 22.7. The minimum absolute atomic E-state index is 0. The number of aryl methyl sites for hydroxylation is 3. The first-order chi connectivity index (χ1) is 25.5. The quantitative estimate of drug-likeness (QED) is 0.123. The third-order valence-corrected chi connectivity index (χ3v) is 13.2. The van der Waals surface area contributed by atoms with Gasteiger partial charge in [0.15, 0.2) is 0 Å². The topological polar surface area (TPSA) is 25.8 Å². The summed E-state index contributed by atoms with van der Waals surface area (Å²) in [5.74, 6) is 0.534. The fourth-order valence-electron chi connectivity index (χ4n) is 7.25. The van der Waals surface area contributed by atoms with Gasteiger partial charge >= 0.3 is 0 Å². The number of hydrogen-bond acceptors (Lipinski definition) is 3. The molecule has 0 bridgehead atoms. The van der Waals surface area contributed by atoms with Gasteiger partial charge in [-0.3, -0.25) is 0 Å². The summed E-state index contributed by atoms with van der Waals surface area (Å²) in [6, 6.07) is 47.3. The summed E-state index contributed by atoms with van der Waals surface area (Å²) in [5.41, 5.74) is 14.4. The van der Waals surface area contributed by atoms with Crippen LogP contribution in [-0.4, -0.2) is 18.0 Å². The summed E-state index contributed by atoms with van der Waals surface area (Å²) in [4.78, 5) is 9.53. The second-order valence-corrected chi connectivity index (χ2v) is 21.4. The van der Waals surface area contributed by atoms with E-state index in [9.17, 15) is 0 Å². The minimum atomic E-state index is -1.34. The van der Waals surface area contributed by atoms with Gasteiger partial charge in [-0.25, -0.2) is 0 Å². The monoisotopic (exact) mass is 915 g/mol. The van der Waals surface area contributed by atoms with Crippen LogP contribution in [0.4, 0.5) is 0 Å². The summed E-state index contributed by atoms with van der Waals surface area (Å²) >= 11 is 1.84. The second kappa shape index (κ2) is 16.5. The molecule has 0 aliphatic rings. The Balaban J connectivity index is 0.000000213. The van der Waals surface area contributed by atoms with E-state index in [1.807, 2.05) is 47.9 Å². The van der Waals surface area contributed by atoms with Crippen LogP contribution in [0.15, 0.2) is 128 Å². The van der Waals surface area contributed by atoms with Gasteiger partial charge in [0.25, 0.3) is 0 Å². The molecule has 0 aliphatic heterocycles. The molecule has 5 heteroatoms. The van der Waals surface area contributed by atoms with E-state index < -0.39 is 8.07 Å². The van der Waals surface area contributed by atoms with E-state index in [0.717, 1.165) is 22.5 Å². The molecule has 1 radical (unpaired) electrons. The van der Waals surface area contributed by atoms with E-state index in [0.29, 0.717) is 5.92 Å². The van der Waals surface area contributed by atoms with Crippen molar-refractivity contribution in [2.75, 3.05) is 0 Å². The Labute approximate surface area is 339 Å². The van der Waals surface area contributed by atoms with E-state index in [2.05, 4.69) is 163 Å². The Hall–Kier alpha value is -4.51. The summed E-state index contributed by atoms with van der Waals surface area (Å²) in [5, 5.41) is 4.04. The number of thiophene rings is 1. The van der Waals surface area contributed by atoms with Crippen LogP contribution in [0.3, 0.4) is 0 Å². The molecule has 0 saturated carbocycles. The van der Waals surface area contributed by atoms with E-state index in [4.69, 9.17) is 4.98 Å². The van der Waals surface area contributed by atoms with Crippen LogP contribution < -0.4 is 5.19 Å². The predicted octanol–water partition coefficient (Wildman–Crippen LogP) is 13.4. The Bertz CT molecular complexity index is 2530. The molecule has 3 heterocycles. The standard InChI is InChI=1S/C32H24NS.C17H22NSi.Ir/c1-20-9-7-10-21(2)31(20)24-15-16-25-26-13-8-14-27(32(26)34-30(25)18-24)29-17-22(3)28(19-33-29)23-11-5-4-6-12-23;1-13(2)15-11-16(14-9-7-6-8-10-14)18-12-17(15)19(3,4)5;/h4-13,15-19H,1-3H3;6-9,11-13H,1-5H3;/q2*-1;. The van der Waals surface area contributed by atoms with Crippen molar-refractivity contribution in [2.24, 2.45) is 0 Å². The molecule has 3 aromatic heterocycles. The molecular weight excluding hydrogens is 869 g/mol. The Morgan fingerprint density at radius 1 is 0.630 bits per heavy atom. The summed E-state index contributed by atoms with van der Waals surface area (Å²) < 4.78 is 2.55. The molecule has 0 amide bonds. The average Bonchev–Trinajstić information content (AvgIpc) is 3.53. The maximum Gasteiger partial charge on any atom is 0.0799 e. The maximum absolute atomic E-state index is 4.87. The number of pyridine rings is 2. The molecule has 0 aliphatic carbocycles. The van der Waals surface area contributed by atoms with Crippen molar-refractivity contribution >= 4 is 44.8 Å². The van der Waals surface area contributed by atoms with Gasteiger partial charge in [-0.05, 0) is 92.8 Å². The SMILES string of the molecule is CC(C)c1cc(-c2[c-]cccc2)ncc1[Si](C)(C)C.Cc1cc(-c2[c-]ccc3c2sc2cc(-c4c(C)cccc4C)ccc23)ncc1-c1ccccc1.[Ir]. The van der Waals surface area contributed by atoms with E-state index >= 15 is 0 Å². The molecule has 0 spiro atoms. The van der Waals surface area contributed by atoms with Gasteiger partial charge in [-0.2, -0.15) is 11.3 Å². The Morgan fingerprint density at radius 2 is 1.35 bits per heavy atom. The zero-order valence-electron chi connectivity index (χ0n) is 32.3. The number of benzene rings is 5. The first-order valence-electron chi connectivity index (χ1n) is 18.4. The van der Waals surface area contributed by atoms with Gasteiger partial charge in [0, 0.05) is 42.8 Å². The second-order valence-electron chi connectivity index (χ2n) is 15.3. The molecule has 0 fully saturated rings. The number of aromatic nitrogens is 2. The van der Waals surface area contributed by atoms with Crippen molar-refractivity contribution in [1.29, 1.82) is 0 Å². The average molecular weight is 915 g/mol. The van der Waals surface area contributed by atoms with Crippen molar-refractivity contribution in [3.63, 3.8) is 0 Å². The Kier molecular flexibility index (Phi) is 11.9. The predicted molar refractivity (Wildman–Crippen MR) is 232 cm³/mol. The van der Waals surface area contributed by atoms with Crippen molar-refractivity contribution in [3.8, 4) is 44.8 Å². The van der Waals surface area contributed by atoms with Crippen molar-refractivity contribution < 1.29 is 20.1 Å². The third kappa shape index (κ3) is 8.11. The molecule has 8 rings (SSSR count). The van der Waals surface area contributed by atoms with Crippen LogP contribution in [0.5, 0.6) is 0 Å². The zero-order chi connectivity index (χ0) is 37.3. The maximum atomic E-state index is 4.87. The van der Waals surface area contributed by atoms with Crippen LogP contribution in [0.1, 0.15) is 42.0 Å². The fraction of sp³-hybridized carbons (Fsp3) is 0.184. The van der Waals surface area contributed by atoms with Crippen molar-refractivity contribution in [2.45, 2.75) is 60.2 Å². The molecule has 0 N–H and O–H groups in total. The van der Waals surface area contributed by atoms with Gasteiger partial charge in [0.05, 0.1) is 8.07 Å². The van der Waals surface area contributed by atoms with Crippen LogP contribution in [-0.2, 0) is 20.1 Å². The molecule has 54 heavy (non-hydrogen) atoms. The molecule has 0 saturated heterocycles. The van der Waals surface area contributed by atoms with Crippen molar-refractivity contribution in [1.82, 2.24) is 9.97 Å². The van der Waals surface area contributed by atoms with Gasteiger partial charge in [0.1, 0.15) is 0 Å². The zero-order valence-corrected chi connectivity index (χ0v) is 36.5. The van der Waals surface area contributed by atoms with Gasteiger partial charge in [0.2, 0.25) is 0 Å². The summed E-state index contributed by atoms with van der Waals surface area (Å²) in [6.07, 6.45) is 4.09. The smallest absolute Gasteiger partial charge is 0.0799 e. The van der Waals surface area contributed by atoms with Crippen LogP contribution >= 0.6 is 11.3 Å². The first kappa shape index (κ1) is 39.2. The summed E-state index contributed by atoms with van der Waals surface area (Å²) in [7, 11) is -1.34. The molecule has 2 nitrogen and oxygen atoms in total. The minimum Gasteiger partial charge on any atom is -0.305 e. The summed E-state index contributed by atoms with van der Waals surface area (Å²) in [6.45, 7) is 18.2. The molecule has 273 valence electrons. The van der Waals surface area contributed by atoms with E-state index in [1.54, 1.807) is 0 Å². The molecular formula is C49H46IrN2SSi-2. The molecule has 0 unspecified atom stereocenters. The van der Waals surface area contributed by atoms with Gasteiger partial charge in [-0.15, -0.1) is 59.7 Å². The largest absolute Gasteiger partial charge is 0.305 e.